The third-order valence-electron chi connectivity index (χ3n) is 4.09. The Hall–Kier alpha value is -1.70. The number of rotatable bonds is 4. The second kappa shape index (κ2) is 7.04. The van der Waals surface area contributed by atoms with Gasteiger partial charge in [-0.25, -0.2) is 0 Å². The minimum absolute atomic E-state index is 0.0197. The number of hydrogen-bond donors (Lipinski definition) is 0. The van der Waals surface area contributed by atoms with Gasteiger partial charge in [0.05, 0.1) is 16.8 Å². The summed E-state index contributed by atoms with van der Waals surface area (Å²) in [6.45, 7) is 4.51. The highest BCUT2D eigenvalue weighted by atomic mass is 35.5. The third kappa shape index (κ3) is 3.68. The van der Waals surface area contributed by atoms with Gasteiger partial charge in [0.2, 0.25) is 5.91 Å². The normalized spacial score (nSPS) is 15.8. The maximum Gasteiger partial charge on any atom is 0.308 e. The molecule has 128 valence electrons. The van der Waals surface area contributed by atoms with Crippen LogP contribution in [0, 0.1) is 0 Å². The average molecular weight is 368 g/mol. The van der Waals surface area contributed by atoms with Gasteiger partial charge in [0.25, 0.3) is 0 Å². The molecule has 0 saturated carbocycles. The highest BCUT2D eigenvalue weighted by Gasteiger charge is 2.23. The molecule has 24 heavy (non-hydrogen) atoms. The van der Waals surface area contributed by atoms with Crippen molar-refractivity contribution in [3.05, 3.63) is 32.9 Å². The van der Waals surface area contributed by atoms with Crippen LogP contribution in [0.5, 0.6) is 0 Å². The Morgan fingerprint density at radius 3 is 2.54 bits per heavy atom. The number of ketones is 1. The Morgan fingerprint density at radius 1 is 1.17 bits per heavy atom. The molecular weight excluding hydrogens is 350 g/mol. The summed E-state index contributed by atoms with van der Waals surface area (Å²) in [6.07, 6.45) is 0. The molecule has 0 N–H and O–H groups in total. The molecule has 0 unspecified atom stereocenters. The summed E-state index contributed by atoms with van der Waals surface area (Å²) in [7, 11) is 0. The van der Waals surface area contributed by atoms with Crippen molar-refractivity contribution in [2.45, 2.75) is 13.5 Å². The van der Waals surface area contributed by atoms with E-state index in [9.17, 15) is 14.4 Å². The van der Waals surface area contributed by atoms with E-state index >= 15 is 0 Å². The molecule has 8 heteroatoms. The molecule has 1 aromatic carbocycles. The molecule has 1 fully saturated rings. The molecule has 0 aliphatic carbocycles. The van der Waals surface area contributed by atoms with Crippen molar-refractivity contribution in [1.82, 2.24) is 14.4 Å². The van der Waals surface area contributed by atoms with E-state index in [2.05, 4.69) is 0 Å². The van der Waals surface area contributed by atoms with Crippen molar-refractivity contribution in [2.75, 3.05) is 32.7 Å². The number of thiazole rings is 1. The summed E-state index contributed by atoms with van der Waals surface area (Å²) in [5.41, 5.74) is 0.695. The molecule has 1 amide bonds. The summed E-state index contributed by atoms with van der Waals surface area (Å²) >= 11 is 7.12. The van der Waals surface area contributed by atoms with Crippen LogP contribution in [0.3, 0.4) is 0 Å². The van der Waals surface area contributed by atoms with Gasteiger partial charge in [-0.15, -0.1) is 0 Å². The Balaban J connectivity index is 1.70. The zero-order chi connectivity index (χ0) is 17.3. The largest absolute Gasteiger partial charge is 0.339 e. The minimum Gasteiger partial charge on any atom is -0.339 e. The van der Waals surface area contributed by atoms with Crippen molar-refractivity contribution < 1.29 is 9.59 Å². The van der Waals surface area contributed by atoms with E-state index < -0.39 is 0 Å². The fraction of sp³-hybridized carbons (Fsp3) is 0.438. The number of aromatic nitrogens is 1. The van der Waals surface area contributed by atoms with Crippen molar-refractivity contribution in [1.29, 1.82) is 0 Å². The van der Waals surface area contributed by atoms with E-state index in [4.69, 9.17) is 11.6 Å². The van der Waals surface area contributed by atoms with Crippen LogP contribution in [0.15, 0.2) is 23.0 Å². The maximum absolute atomic E-state index is 12.5. The summed E-state index contributed by atoms with van der Waals surface area (Å²) in [4.78, 5) is 39.5. The Kier molecular flexibility index (Phi) is 5.03. The standard InChI is InChI=1S/C16H18ClN3O3S/c1-11(21)9-18-4-6-19(7-5-18)15(22)10-20-13-8-12(17)2-3-14(13)24-16(20)23/h2-3,8H,4-7,9-10H2,1H3. The van der Waals surface area contributed by atoms with Crippen molar-refractivity contribution in [3.63, 3.8) is 0 Å². The van der Waals surface area contributed by atoms with Gasteiger partial charge in [0.1, 0.15) is 12.3 Å². The lowest BCUT2D eigenvalue weighted by Gasteiger charge is -2.34. The monoisotopic (exact) mass is 367 g/mol. The van der Waals surface area contributed by atoms with E-state index in [0.717, 1.165) is 16.0 Å². The van der Waals surface area contributed by atoms with E-state index in [1.165, 1.54) is 4.57 Å². The van der Waals surface area contributed by atoms with Crippen LogP contribution in [0.4, 0.5) is 0 Å². The number of hydrogen-bond acceptors (Lipinski definition) is 5. The van der Waals surface area contributed by atoms with Gasteiger partial charge in [0, 0.05) is 31.2 Å². The fourth-order valence-electron chi connectivity index (χ4n) is 2.89. The van der Waals surface area contributed by atoms with Crippen LogP contribution < -0.4 is 4.87 Å². The zero-order valence-corrected chi connectivity index (χ0v) is 14.9. The highest BCUT2D eigenvalue weighted by molar-refractivity contribution is 7.16. The van der Waals surface area contributed by atoms with Crippen LogP contribution in [0.1, 0.15) is 6.92 Å². The van der Waals surface area contributed by atoms with E-state index in [-0.39, 0.29) is 23.1 Å². The lowest BCUT2D eigenvalue weighted by molar-refractivity contribution is -0.133. The fourth-order valence-corrected chi connectivity index (χ4v) is 3.93. The Morgan fingerprint density at radius 2 is 1.88 bits per heavy atom. The number of amides is 1. The first-order valence-corrected chi connectivity index (χ1v) is 8.92. The number of fused-ring (bicyclic) bond motifs is 1. The number of carbonyl (C=O) groups is 2. The topological polar surface area (TPSA) is 62.6 Å². The number of Topliss-reactive ketones (excluding diaryl/α,β-unsaturated/α-hetero) is 1. The van der Waals surface area contributed by atoms with Crippen LogP contribution in [0.25, 0.3) is 10.2 Å². The van der Waals surface area contributed by atoms with Gasteiger partial charge in [0.15, 0.2) is 0 Å². The SMILES string of the molecule is CC(=O)CN1CCN(C(=O)Cn2c(=O)sc3ccc(Cl)cc32)CC1. The van der Waals surface area contributed by atoms with Crippen molar-refractivity contribution >= 4 is 44.8 Å². The van der Waals surface area contributed by atoms with Crippen LogP contribution in [-0.4, -0.2) is 58.8 Å². The van der Waals surface area contributed by atoms with Crippen LogP contribution >= 0.6 is 22.9 Å². The molecule has 2 heterocycles. The molecule has 6 nitrogen and oxygen atoms in total. The molecule has 1 aromatic heterocycles. The van der Waals surface area contributed by atoms with E-state index in [1.807, 2.05) is 4.90 Å². The Labute approximate surface area is 148 Å². The Bertz CT molecular complexity index is 837. The molecule has 3 rings (SSSR count). The second-order valence-corrected chi connectivity index (χ2v) is 7.35. The van der Waals surface area contributed by atoms with Crippen molar-refractivity contribution in [3.8, 4) is 0 Å². The zero-order valence-electron chi connectivity index (χ0n) is 13.3. The second-order valence-electron chi connectivity index (χ2n) is 5.93. The number of halogens is 1. The third-order valence-corrected chi connectivity index (χ3v) is 5.29. The molecule has 1 aliphatic heterocycles. The number of carbonyl (C=O) groups excluding carboxylic acids is 2. The van der Waals surface area contributed by atoms with Gasteiger partial charge < -0.3 is 4.90 Å². The lowest BCUT2D eigenvalue weighted by atomic mass is 10.2. The van der Waals surface area contributed by atoms with Crippen LogP contribution in [-0.2, 0) is 16.1 Å². The molecule has 0 bridgehead atoms. The van der Waals surface area contributed by atoms with Gasteiger partial charge in [-0.3, -0.25) is 23.9 Å². The predicted molar refractivity (Wildman–Crippen MR) is 94.8 cm³/mol. The number of benzene rings is 1. The number of nitrogens with zero attached hydrogens (tertiary/aromatic N) is 3. The lowest BCUT2D eigenvalue weighted by Crippen LogP contribution is -2.50. The minimum atomic E-state index is -0.157. The predicted octanol–water partition coefficient (Wildman–Crippen LogP) is 1.45. The molecule has 1 saturated heterocycles. The molecule has 0 atom stereocenters. The molecule has 2 aromatic rings. The molecular formula is C16H18ClN3O3S. The highest BCUT2D eigenvalue weighted by Crippen LogP contribution is 2.21. The van der Waals surface area contributed by atoms with Crippen LogP contribution in [0.2, 0.25) is 5.02 Å². The quantitative estimate of drug-likeness (QED) is 0.820. The van der Waals surface area contributed by atoms with Gasteiger partial charge in [-0.2, -0.15) is 0 Å². The number of piperazine rings is 1. The van der Waals surface area contributed by atoms with E-state index in [1.54, 1.807) is 30.0 Å². The molecule has 0 spiro atoms. The molecule has 0 radical (unpaired) electrons. The molecule has 1 aliphatic rings. The summed E-state index contributed by atoms with van der Waals surface area (Å²) in [5.74, 6) is 0.0437. The van der Waals surface area contributed by atoms with Crippen molar-refractivity contribution in [2.24, 2.45) is 0 Å². The first-order chi connectivity index (χ1) is 11.4. The summed E-state index contributed by atoms with van der Waals surface area (Å²) in [5, 5.41) is 0.541. The summed E-state index contributed by atoms with van der Waals surface area (Å²) in [6, 6.07) is 5.25. The summed E-state index contributed by atoms with van der Waals surface area (Å²) < 4.78 is 2.30. The first-order valence-electron chi connectivity index (χ1n) is 7.72. The maximum atomic E-state index is 12.5. The van der Waals surface area contributed by atoms with Gasteiger partial charge >= 0.3 is 4.87 Å². The van der Waals surface area contributed by atoms with E-state index in [0.29, 0.717) is 43.3 Å². The average Bonchev–Trinajstić information content (AvgIpc) is 2.83. The van der Waals surface area contributed by atoms with Gasteiger partial charge in [-0.1, -0.05) is 22.9 Å². The first kappa shape index (κ1) is 17.1. The smallest absolute Gasteiger partial charge is 0.308 e. The van der Waals surface area contributed by atoms with Gasteiger partial charge in [-0.05, 0) is 25.1 Å².